The molecule has 0 fully saturated rings. The van der Waals surface area contributed by atoms with Gasteiger partial charge < -0.3 is 9.15 Å². The van der Waals surface area contributed by atoms with Crippen LogP contribution in [0.4, 0.5) is 6.01 Å². The molecule has 0 bridgehead atoms. The number of carbonyl (C=O) groups excluding carboxylic acids is 2. The fourth-order valence-corrected chi connectivity index (χ4v) is 3.91. The molecule has 7 nitrogen and oxygen atoms in total. The van der Waals surface area contributed by atoms with Crippen molar-refractivity contribution in [3.05, 3.63) is 51.7 Å². The molecule has 4 rings (SSSR count). The van der Waals surface area contributed by atoms with Gasteiger partial charge in [0.05, 0.1) is 0 Å². The van der Waals surface area contributed by atoms with Crippen molar-refractivity contribution < 1.29 is 18.7 Å². The highest BCUT2D eigenvalue weighted by Crippen LogP contribution is 2.30. The van der Waals surface area contributed by atoms with Crippen molar-refractivity contribution in [1.82, 2.24) is 10.2 Å². The monoisotopic (exact) mass is 369 g/mol. The zero-order chi connectivity index (χ0) is 17.9. The highest BCUT2D eigenvalue weighted by atomic mass is 32.1. The number of hydrogen-bond donors (Lipinski definition) is 1. The second kappa shape index (κ2) is 7.09. The Morgan fingerprint density at radius 1 is 1.19 bits per heavy atom. The number of amides is 1. The number of fused-ring (bicyclic) bond motifs is 1. The van der Waals surface area contributed by atoms with Gasteiger partial charge in [0, 0.05) is 10.4 Å². The molecule has 0 aliphatic heterocycles. The molecule has 1 aliphatic carbocycles. The van der Waals surface area contributed by atoms with Crippen LogP contribution < -0.4 is 5.32 Å². The average Bonchev–Trinajstić information content (AvgIpc) is 3.36. The third-order valence-electron chi connectivity index (χ3n) is 3.97. The Morgan fingerprint density at radius 3 is 2.85 bits per heavy atom. The second-order valence-electron chi connectivity index (χ2n) is 5.82. The van der Waals surface area contributed by atoms with E-state index >= 15 is 0 Å². The van der Waals surface area contributed by atoms with Crippen LogP contribution in [0.15, 0.2) is 40.8 Å². The number of ether oxygens (including phenoxy) is 1. The lowest BCUT2D eigenvalue weighted by Gasteiger charge is -2.02. The number of esters is 1. The van der Waals surface area contributed by atoms with E-state index in [1.165, 1.54) is 21.8 Å². The molecular formula is C18H15N3O4S. The van der Waals surface area contributed by atoms with Crippen molar-refractivity contribution in [2.24, 2.45) is 0 Å². The molecule has 0 saturated heterocycles. The van der Waals surface area contributed by atoms with Gasteiger partial charge in [0.1, 0.15) is 4.88 Å². The quantitative estimate of drug-likeness (QED) is 0.695. The Hall–Kier alpha value is -3.00. The molecule has 2 heterocycles. The SMILES string of the molecule is O=C(COC(=O)c1cc2c(s1)CCC2)Nc1nnc(-c2ccccc2)o1. The molecule has 132 valence electrons. The summed E-state index contributed by atoms with van der Waals surface area (Å²) in [6, 6.07) is 11.0. The molecule has 0 unspecified atom stereocenters. The van der Waals surface area contributed by atoms with Crippen LogP contribution in [0.2, 0.25) is 0 Å². The number of anilines is 1. The molecule has 0 spiro atoms. The van der Waals surface area contributed by atoms with Gasteiger partial charge in [-0.2, -0.15) is 0 Å². The number of hydrogen-bond acceptors (Lipinski definition) is 7. The zero-order valence-electron chi connectivity index (χ0n) is 13.7. The summed E-state index contributed by atoms with van der Waals surface area (Å²) < 4.78 is 10.4. The van der Waals surface area contributed by atoms with Crippen molar-refractivity contribution in [2.75, 3.05) is 11.9 Å². The third-order valence-corrected chi connectivity index (χ3v) is 5.19. The van der Waals surface area contributed by atoms with Gasteiger partial charge in [0.15, 0.2) is 6.61 Å². The number of thiophene rings is 1. The van der Waals surface area contributed by atoms with E-state index in [4.69, 9.17) is 9.15 Å². The first kappa shape index (κ1) is 16.5. The number of carbonyl (C=O) groups is 2. The zero-order valence-corrected chi connectivity index (χ0v) is 14.5. The van der Waals surface area contributed by atoms with Gasteiger partial charge in [-0.3, -0.25) is 10.1 Å². The summed E-state index contributed by atoms with van der Waals surface area (Å²) in [5.41, 5.74) is 1.96. The van der Waals surface area contributed by atoms with Gasteiger partial charge >= 0.3 is 12.0 Å². The lowest BCUT2D eigenvalue weighted by molar-refractivity contribution is -0.119. The Bertz CT molecular complexity index is 927. The first-order valence-electron chi connectivity index (χ1n) is 8.16. The minimum atomic E-state index is -0.536. The predicted octanol–water partition coefficient (Wildman–Crippen LogP) is 3.08. The second-order valence-corrected chi connectivity index (χ2v) is 6.95. The molecule has 1 N–H and O–H groups in total. The molecule has 0 saturated carbocycles. The molecule has 0 atom stereocenters. The molecule has 1 amide bonds. The maximum atomic E-state index is 12.1. The van der Waals surface area contributed by atoms with E-state index in [0.717, 1.165) is 24.8 Å². The smallest absolute Gasteiger partial charge is 0.348 e. The topological polar surface area (TPSA) is 94.3 Å². The summed E-state index contributed by atoms with van der Waals surface area (Å²) in [4.78, 5) is 25.7. The van der Waals surface area contributed by atoms with Crippen LogP contribution in [0, 0.1) is 0 Å². The third kappa shape index (κ3) is 3.50. The Labute approximate surface area is 153 Å². The number of benzene rings is 1. The molecular weight excluding hydrogens is 354 g/mol. The van der Waals surface area contributed by atoms with Gasteiger partial charge in [-0.15, -0.1) is 16.4 Å². The number of aromatic nitrogens is 2. The van der Waals surface area contributed by atoms with E-state index in [1.54, 1.807) is 0 Å². The fourth-order valence-electron chi connectivity index (χ4n) is 2.76. The van der Waals surface area contributed by atoms with Gasteiger partial charge in [-0.05, 0) is 43.0 Å². The fraction of sp³-hybridized carbons (Fsp3) is 0.222. The Kier molecular flexibility index (Phi) is 4.49. The van der Waals surface area contributed by atoms with Crippen LogP contribution in [0.5, 0.6) is 0 Å². The predicted molar refractivity (Wildman–Crippen MR) is 95.0 cm³/mol. The van der Waals surface area contributed by atoms with E-state index in [2.05, 4.69) is 15.5 Å². The molecule has 0 radical (unpaired) electrons. The minimum Gasteiger partial charge on any atom is -0.451 e. The van der Waals surface area contributed by atoms with Gasteiger partial charge in [0.2, 0.25) is 5.89 Å². The largest absolute Gasteiger partial charge is 0.451 e. The molecule has 1 aliphatic rings. The normalized spacial score (nSPS) is 12.6. The highest BCUT2D eigenvalue weighted by Gasteiger charge is 2.20. The van der Waals surface area contributed by atoms with Crippen LogP contribution in [-0.4, -0.2) is 28.7 Å². The number of nitrogens with zero attached hydrogens (tertiary/aromatic N) is 2. The minimum absolute atomic E-state index is 0.0417. The maximum absolute atomic E-state index is 12.1. The summed E-state index contributed by atoms with van der Waals surface area (Å²) in [6.07, 6.45) is 3.14. The highest BCUT2D eigenvalue weighted by molar-refractivity contribution is 7.14. The summed E-state index contributed by atoms with van der Waals surface area (Å²) in [6.45, 7) is -0.412. The average molecular weight is 369 g/mol. The summed E-state index contributed by atoms with van der Waals surface area (Å²) in [5, 5.41) is 10.1. The Morgan fingerprint density at radius 2 is 2.04 bits per heavy atom. The number of nitrogens with one attached hydrogen (secondary N) is 1. The van der Waals surface area contributed by atoms with E-state index in [9.17, 15) is 9.59 Å². The van der Waals surface area contributed by atoms with E-state index in [-0.39, 0.29) is 6.01 Å². The standard InChI is InChI=1S/C18H15N3O4S/c22-15(10-24-17(23)14-9-12-7-4-8-13(12)26-14)19-18-21-20-16(25-18)11-5-2-1-3-6-11/h1-3,5-6,9H,4,7-8,10H2,(H,19,21,22). The summed E-state index contributed by atoms with van der Waals surface area (Å²) >= 11 is 1.44. The van der Waals surface area contributed by atoms with Gasteiger partial charge in [-0.1, -0.05) is 23.3 Å². The molecule has 2 aromatic heterocycles. The van der Waals surface area contributed by atoms with Crippen LogP contribution in [-0.2, 0) is 22.4 Å². The van der Waals surface area contributed by atoms with Crippen LogP contribution in [0.1, 0.15) is 26.5 Å². The van der Waals surface area contributed by atoms with Gasteiger partial charge in [0.25, 0.3) is 5.91 Å². The van der Waals surface area contributed by atoms with Gasteiger partial charge in [-0.25, -0.2) is 4.79 Å². The van der Waals surface area contributed by atoms with E-state index in [0.29, 0.717) is 10.8 Å². The number of rotatable bonds is 5. The summed E-state index contributed by atoms with van der Waals surface area (Å²) in [7, 11) is 0. The van der Waals surface area contributed by atoms with E-state index < -0.39 is 18.5 Å². The van der Waals surface area contributed by atoms with Crippen LogP contribution >= 0.6 is 11.3 Å². The van der Waals surface area contributed by atoms with Crippen molar-refractivity contribution in [3.63, 3.8) is 0 Å². The molecule has 8 heteroatoms. The van der Waals surface area contributed by atoms with Crippen molar-refractivity contribution in [3.8, 4) is 11.5 Å². The molecule has 26 heavy (non-hydrogen) atoms. The maximum Gasteiger partial charge on any atom is 0.348 e. The Balaban J connectivity index is 1.31. The number of aryl methyl sites for hydroxylation is 2. The lowest BCUT2D eigenvalue weighted by Crippen LogP contribution is -2.20. The summed E-state index contributed by atoms with van der Waals surface area (Å²) in [5.74, 6) is -0.730. The van der Waals surface area contributed by atoms with Crippen molar-refractivity contribution in [1.29, 1.82) is 0 Å². The van der Waals surface area contributed by atoms with Crippen molar-refractivity contribution in [2.45, 2.75) is 19.3 Å². The molecule has 1 aromatic carbocycles. The first-order chi connectivity index (χ1) is 12.7. The first-order valence-corrected chi connectivity index (χ1v) is 8.98. The lowest BCUT2D eigenvalue weighted by atomic mass is 10.2. The van der Waals surface area contributed by atoms with E-state index in [1.807, 2.05) is 36.4 Å². The molecule has 3 aromatic rings. The van der Waals surface area contributed by atoms with Crippen molar-refractivity contribution >= 4 is 29.2 Å². The van der Waals surface area contributed by atoms with Crippen LogP contribution in [0.25, 0.3) is 11.5 Å². The van der Waals surface area contributed by atoms with Crippen LogP contribution in [0.3, 0.4) is 0 Å².